The zero-order valence-electron chi connectivity index (χ0n) is 12.2. The third-order valence-electron chi connectivity index (χ3n) is 6.12. The molecule has 4 fully saturated rings. The Morgan fingerprint density at radius 2 is 1.75 bits per heavy atom. The zero-order valence-corrected chi connectivity index (χ0v) is 13.8. The Bertz CT molecular complexity index is 464. The molecule has 1 heterocycles. The summed E-state index contributed by atoms with van der Waals surface area (Å²) in [5.74, 6) is 4.64. The van der Waals surface area contributed by atoms with Gasteiger partial charge in [0.25, 0.3) is 0 Å². The first-order valence-electron chi connectivity index (χ1n) is 7.89. The van der Waals surface area contributed by atoms with E-state index in [4.69, 9.17) is 0 Å². The van der Waals surface area contributed by atoms with Gasteiger partial charge >= 0.3 is 0 Å². The molecule has 0 amide bonds. The molecule has 4 saturated carbocycles. The highest BCUT2D eigenvalue weighted by Crippen LogP contribution is 2.59. The number of hydrogen-bond acceptors (Lipinski definition) is 3. The molecule has 1 N–H and O–H groups in total. The van der Waals surface area contributed by atoms with Crippen LogP contribution in [0, 0.1) is 29.6 Å². The van der Waals surface area contributed by atoms with Crippen molar-refractivity contribution >= 4 is 15.9 Å². The highest BCUT2D eigenvalue weighted by molar-refractivity contribution is 9.10. The average Bonchev–Trinajstić information content (AvgIpc) is 2.73. The lowest BCUT2D eigenvalue weighted by Gasteiger charge is -2.56. The summed E-state index contributed by atoms with van der Waals surface area (Å²) in [6, 6.07) is 0.388. The Kier molecular flexibility index (Phi) is 3.18. The third kappa shape index (κ3) is 1.89. The summed E-state index contributed by atoms with van der Waals surface area (Å²) in [7, 11) is 4.10. The van der Waals surface area contributed by atoms with Gasteiger partial charge in [-0.2, -0.15) is 0 Å². The Morgan fingerprint density at radius 3 is 2.20 bits per heavy atom. The Hall–Kier alpha value is -0.420. The first kappa shape index (κ1) is 13.3. The number of aryl methyl sites for hydroxylation is 1. The van der Waals surface area contributed by atoms with Crippen LogP contribution in [-0.2, 0) is 7.05 Å². The van der Waals surface area contributed by atoms with E-state index < -0.39 is 0 Å². The van der Waals surface area contributed by atoms with Crippen molar-refractivity contribution in [1.29, 1.82) is 0 Å². The van der Waals surface area contributed by atoms with E-state index in [0.717, 1.165) is 34.2 Å². The molecule has 0 spiro atoms. The second kappa shape index (κ2) is 4.80. The van der Waals surface area contributed by atoms with Crippen LogP contribution in [0.3, 0.4) is 0 Å². The van der Waals surface area contributed by atoms with Gasteiger partial charge in [-0.15, -0.1) is 5.10 Å². The minimum Gasteiger partial charge on any atom is -0.311 e. The number of aromatic nitrogens is 3. The second-order valence-electron chi connectivity index (χ2n) is 7.16. The van der Waals surface area contributed by atoms with Gasteiger partial charge in [-0.3, -0.25) is 0 Å². The van der Waals surface area contributed by atoms with Gasteiger partial charge < -0.3 is 5.32 Å². The SMILES string of the molecule is CNC(c1c(Br)nnn1C)C1C2CC3CC(C2)CC1C3. The van der Waals surface area contributed by atoms with E-state index in [1.807, 2.05) is 11.7 Å². The zero-order chi connectivity index (χ0) is 13.9. The van der Waals surface area contributed by atoms with Crippen LogP contribution in [0.25, 0.3) is 0 Å². The molecule has 1 aromatic heterocycles. The van der Waals surface area contributed by atoms with Crippen LogP contribution in [0.4, 0.5) is 0 Å². The van der Waals surface area contributed by atoms with Crippen LogP contribution in [0.5, 0.6) is 0 Å². The predicted molar refractivity (Wildman–Crippen MR) is 81.0 cm³/mol. The summed E-state index contributed by atoms with van der Waals surface area (Å²) in [4.78, 5) is 0. The lowest BCUT2D eigenvalue weighted by atomic mass is 9.50. The first-order valence-corrected chi connectivity index (χ1v) is 8.69. The van der Waals surface area contributed by atoms with E-state index in [2.05, 4.69) is 38.6 Å². The van der Waals surface area contributed by atoms with Crippen molar-refractivity contribution < 1.29 is 0 Å². The largest absolute Gasteiger partial charge is 0.311 e. The van der Waals surface area contributed by atoms with E-state index in [1.165, 1.54) is 37.8 Å². The summed E-state index contributed by atoms with van der Waals surface area (Å²) in [6.45, 7) is 0. The van der Waals surface area contributed by atoms with Crippen LogP contribution in [0.15, 0.2) is 4.60 Å². The van der Waals surface area contributed by atoms with Gasteiger partial charge in [0.05, 0.1) is 11.7 Å². The van der Waals surface area contributed by atoms with E-state index in [1.54, 1.807) is 0 Å². The smallest absolute Gasteiger partial charge is 0.153 e. The first-order chi connectivity index (χ1) is 9.67. The molecular formula is C15H23BrN4. The van der Waals surface area contributed by atoms with Gasteiger partial charge in [-0.25, -0.2) is 4.68 Å². The standard InChI is InChI=1S/C15H23BrN4/c1-17-13(14-15(16)18-19-20(14)2)12-10-4-8-3-9(6-10)7-11(12)5-8/h8-13,17H,3-7H2,1-2H3. The molecule has 4 nitrogen and oxygen atoms in total. The normalized spacial score (nSPS) is 40.2. The molecule has 1 unspecified atom stereocenters. The third-order valence-corrected chi connectivity index (χ3v) is 6.68. The van der Waals surface area contributed by atoms with Crippen molar-refractivity contribution in [1.82, 2.24) is 20.3 Å². The van der Waals surface area contributed by atoms with Crippen molar-refractivity contribution in [2.45, 2.75) is 38.1 Å². The van der Waals surface area contributed by atoms with E-state index in [-0.39, 0.29) is 0 Å². The van der Waals surface area contributed by atoms with Crippen molar-refractivity contribution in [3.8, 4) is 0 Å². The summed E-state index contributed by atoms with van der Waals surface area (Å²) >= 11 is 3.59. The lowest BCUT2D eigenvalue weighted by Crippen LogP contribution is -2.49. The highest BCUT2D eigenvalue weighted by Gasteiger charge is 2.51. The van der Waals surface area contributed by atoms with Gasteiger partial charge in [0.15, 0.2) is 4.60 Å². The topological polar surface area (TPSA) is 42.7 Å². The Morgan fingerprint density at radius 1 is 1.15 bits per heavy atom. The Balaban J connectivity index is 1.68. The lowest BCUT2D eigenvalue weighted by molar-refractivity contribution is -0.0526. The molecule has 5 rings (SSSR count). The van der Waals surface area contributed by atoms with E-state index in [9.17, 15) is 0 Å². The van der Waals surface area contributed by atoms with Crippen molar-refractivity contribution in [2.75, 3.05) is 7.05 Å². The monoisotopic (exact) mass is 338 g/mol. The maximum atomic E-state index is 4.19. The molecule has 5 heteroatoms. The molecule has 1 atom stereocenters. The minimum absolute atomic E-state index is 0.388. The van der Waals surface area contributed by atoms with Gasteiger partial charge in [-0.1, -0.05) is 5.21 Å². The average molecular weight is 339 g/mol. The number of hydrogen-bond donors (Lipinski definition) is 1. The van der Waals surface area contributed by atoms with Crippen LogP contribution in [0.1, 0.15) is 43.8 Å². The maximum Gasteiger partial charge on any atom is 0.153 e. The van der Waals surface area contributed by atoms with E-state index in [0.29, 0.717) is 6.04 Å². The van der Waals surface area contributed by atoms with Crippen molar-refractivity contribution in [3.63, 3.8) is 0 Å². The van der Waals surface area contributed by atoms with Crippen LogP contribution in [0.2, 0.25) is 0 Å². The fraction of sp³-hybridized carbons (Fsp3) is 0.867. The molecule has 20 heavy (non-hydrogen) atoms. The summed E-state index contributed by atoms with van der Waals surface area (Å²) < 4.78 is 2.85. The molecule has 4 bridgehead atoms. The quantitative estimate of drug-likeness (QED) is 0.921. The maximum absolute atomic E-state index is 4.19. The van der Waals surface area contributed by atoms with Gasteiger partial charge in [0.1, 0.15) is 0 Å². The van der Waals surface area contributed by atoms with Crippen molar-refractivity contribution in [2.24, 2.45) is 36.6 Å². The molecule has 4 aliphatic rings. The number of halogens is 1. The fourth-order valence-corrected chi connectivity index (χ4v) is 6.27. The van der Waals surface area contributed by atoms with Crippen LogP contribution >= 0.6 is 15.9 Å². The summed E-state index contributed by atoms with van der Waals surface area (Å²) in [5, 5.41) is 11.9. The fourth-order valence-electron chi connectivity index (χ4n) is 5.69. The van der Waals surface area contributed by atoms with Crippen LogP contribution in [-0.4, -0.2) is 22.0 Å². The number of nitrogens with zero attached hydrogens (tertiary/aromatic N) is 3. The molecular weight excluding hydrogens is 316 g/mol. The molecule has 0 aromatic carbocycles. The molecule has 0 aliphatic heterocycles. The predicted octanol–water partition coefficient (Wildman–Crippen LogP) is 2.91. The Labute approximate surface area is 128 Å². The number of rotatable bonds is 3. The van der Waals surface area contributed by atoms with Gasteiger partial charge in [-0.05, 0) is 84.7 Å². The van der Waals surface area contributed by atoms with Gasteiger partial charge in [0.2, 0.25) is 0 Å². The summed E-state index contributed by atoms with van der Waals surface area (Å²) in [6.07, 6.45) is 7.34. The molecule has 1 aromatic rings. The van der Waals surface area contributed by atoms with Crippen LogP contribution < -0.4 is 5.32 Å². The van der Waals surface area contributed by atoms with Crippen molar-refractivity contribution in [3.05, 3.63) is 10.3 Å². The molecule has 110 valence electrons. The van der Waals surface area contributed by atoms with Gasteiger partial charge in [0, 0.05) is 7.05 Å². The van der Waals surface area contributed by atoms with E-state index >= 15 is 0 Å². The molecule has 0 radical (unpaired) electrons. The highest BCUT2D eigenvalue weighted by atomic mass is 79.9. The summed E-state index contributed by atoms with van der Waals surface area (Å²) in [5.41, 5.74) is 1.23. The molecule has 0 saturated heterocycles. The number of nitrogens with one attached hydrogen (secondary N) is 1. The molecule has 4 aliphatic carbocycles. The second-order valence-corrected chi connectivity index (χ2v) is 7.91. The minimum atomic E-state index is 0.388.